The van der Waals surface area contributed by atoms with Gasteiger partial charge in [0.25, 0.3) is 0 Å². The molecular weight excluding hydrogens is 462 g/mol. The largest absolute Gasteiger partial charge is 0.481 e. The molecule has 0 atom stereocenters. The number of fused-ring (bicyclic) bond motifs is 1. The highest BCUT2D eigenvalue weighted by atomic mass is 32.2. The molecule has 4 aromatic rings. The lowest BCUT2D eigenvalue weighted by Gasteiger charge is -2.11. The van der Waals surface area contributed by atoms with E-state index in [1.807, 2.05) is 84.9 Å². The third kappa shape index (κ3) is 6.56. The Morgan fingerprint density at radius 2 is 1.51 bits per heavy atom. The van der Waals surface area contributed by atoms with Crippen LogP contribution in [-0.2, 0) is 21.2 Å². The molecule has 178 valence electrons. The molecule has 0 heterocycles. The minimum atomic E-state index is -3.70. The lowest BCUT2D eigenvalue weighted by Crippen LogP contribution is -2.24. The fraction of sp³-hybridized carbons (Fsp3) is 0.107. The Kier molecular flexibility index (Phi) is 7.60. The summed E-state index contributed by atoms with van der Waals surface area (Å²) in [5.41, 5.74) is 3.21. The Labute approximate surface area is 204 Å². The summed E-state index contributed by atoms with van der Waals surface area (Å²) in [6.07, 6.45) is 0.495. The summed E-state index contributed by atoms with van der Waals surface area (Å²) in [4.78, 5) is 10.8. The Bertz CT molecular complexity index is 1410. The van der Waals surface area contributed by atoms with Gasteiger partial charge >= 0.3 is 5.97 Å². The predicted octanol–water partition coefficient (Wildman–Crippen LogP) is 4.85. The van der Waals surface area contributed by atoms with Gasteiger partial charge in [0.15, 0.2) is 6.61 Å². The number of hydrogen-bond acceptors (Lipinski definition) is 4. The van der Waals surface area contributed by atoms with Crippen LogP contribution in [-0.4, -0.2) is 32.6 Å². The van der Waals surface area contributed by atoms with Crippen molar-refractivity contribution in [3.63, 3.8) is 0 Å². The van der Waals surface area contributed by atoms with E-state index in [0.717, 1.165) is 27.5 Å². The molecule has 4 rings (SSSR count). The molecule has 0 saturated heterocycles. The molecule has 4 aromatic carbocycles. The first-order valence-electron chi connectivity index (χ1n) is 11.1. The summed E-state index contributed by atoms with van der Waals surface area (Å²) in [6.45, 7) is -0.180. The summed E-state index contributed by atoms with van der Waals surface area (Å²) < 4.78 is 33.9. The zero-order valence-electron chi connectivity index (χ0n) is 18.9. The molecule has 0 radical (unpaired) electrons. The third-order valence-corrected chi connectivity index (χ3v) is 6.57. The number of carbonyl (C=O) groups is 1. The Morgan fingerprint density at radius 3 is 2.14 bits per heavy atom. The Morgan fingerprint density at radius 1 is 0.857 bits per heavy atom. The van der Waals surface area contributed by atoms with E-state index in [1.54, 1.807) is 12.1 Å². The lowest BCUT2D eigenvalue weighted by molar-refractivity contribution is -0.139. The van der Waals surface area contributed by atoms with Crippen molar-refractivity contribution in [2.24, 2.45) is 0 Å². The number of hydrogen-bond donors (Lipinski definition) is 2. The summed E-state index contributed by atoms with van der Waals surface area (Å²) in [6, 6.07) is 30.0. The molecule has 2 N–H and O–H groups in total. The average Bonchev–Trinajstić information content (AvgIpc) is 2.87. The summed E-state index contributed by atoms with van der Waals surface area (Å²) in [5.74, 6) is -0.542. The van der Waals surface area contributed by atoms with Crippen LogP contribution in [0.25, 0.3) is 16.3 Å². The zero-order valence-corrected chi connectivity index (χ0v) is 19.7. The van der Waals surface area contributed by atoms with Gasteiger partial charge in [0.05, 0.1) is 5.41 Å². The van der Waals surface area contributed by atoms with Crippen LogP contribution in [0.15, 0.2) is 102 Å². The number of nitrogens with one attached hydrogen (secondary N) is 1. The van der Waals surface area contributed by atoms with Crippen LogP contribution in [0.3, 0.4) is 0 Å². The number of rotatable bonds is 10. The van der Waals surface area contributed by atoms with Crippen molar-refractivity contribution in [1.82, 2.24) is 4.72 Å². The molecule has 0 fully saturated rings. The van der Waals surface area contributed by atoms with E-state index >= 15 is 0 Å². The zero-order chi connectivity index (χ0) is 24.7. The van der Waals surface area contributed by atoms with Crippen molar-refractivity contribution in [2.45, 2.75) is 6.42 Å². The van der Waals surface area contributed by atoms with Crippen LogP contribution in [0.4, 0.5) is 0 Å². The minimum Gasteiger partial charge on any atom is -0.481 e. The summed E-state index contributed by atoms with van der Waals surface area (Å²) >= 11 is 0. The quantitative estimate of drug-likeness (QED) is 0.333. The van der Waals surface area contributed by atoms with E-state index in [4.69, 9.17) is 9.84 Å². The molecule has 0 bridgehead atoms. The molecule has 0 aromatic heterocycles. The highest BCUT2D eigenvalue weighted by molar-refractivity contribution is 7.92. The van der Waals surface area contributed by atoms with Crippen molar-refractivity contribution in [3.05, 3.63) is 119 Å². The number of carboxylic acid groups (broad SMARTS) is 1. The van der Waals surface area contributed by atoms with Crippen molar-refractivity contribution >= 4 is 32.3 Å². The normalized spacial score (nSPS) is 11.2. The number of aliphatic carboxylic acids is 1. The van der Waals surface area contributed by atoms with Crippen LogP contribution in [0.1, 0.15) is 16.7 Å². The van der Waals surface area contributed by atoms with E-state index in [0.29, 0.717) is 17.7 Å². The van der Waals surface area contributed by atoms with E-state index in [-0.39, 0.29) is 6.54 Å². The lowest BCUT2D eigenvalue weighted by atomic mass is 10.00. The van der Waals surface area contributed by atoms with Crippen molar-refractivity contribution < 1.29 is 23.1 Å². The van der Waals surface area contributed by atoms with Gasteiger partial charge in [0, 0.05) is 17.5 Å². The van der Waals surface area contributed by atoms with Crippen LogP contribution in [0.5, 0.6) is 5.75 Å². The molecule has 0 amide bonds. The second kappa shape index (κ2) is 11.0. The standard InChI is InChI=1S/C28H25NO5S/c30-28(31)19-34-27-13-7-12-24-18-21(14-15-25(24)27)16-17-29-35(32,33)20-26(22-8-3-1-4-9-22)23-10-5-2-6-11-23/h1-15,18,20,29H,16-17,19H2,(H,30,31). The highest BCUT2D eigenvalue weighted by Gasteiger charge is 2.12. The topological polar surface area (TPSA) is 92.7 Å². The molecule has 35 heavy (non-hydrogen) atoms. The summed E-state index contributed by atoms with van der Waals surface area (Å²) in [7, 11) is -3.70. The van der Waals surface area contributed by atoms with Gasteiger partial charge in [-0.3, -0.25) is 0 Å². The fourth-order valence-corrected chi connectivity index (χ4v) is 4.85. The van der Waals surface area contributed by atoms with Crippen molar-refractivity contribution in [3.8, 4) is 5.75 Å². The Hall–Kier alpha value is -3.94. The fourth-order valence-electron chi connectivity index (χ4n) is 3.80. The highest BCUT2D eigenvalue weighted by Crippen LogP contribution is 2.27. The molecule has 0 saturated carbocycles. The van der Waals surface area contributed by atoms with Gasteiger partial charge < -0.3 is 9.84 Å². The van der Waals surface area contributed by atoms with Crippen LogP contribution < -0.4 is 9.46 Å². The maximum atomic E-state index is 12.9. The molecule has 0 aliphatic carbocycles. The third-order valence-electron chi connectivity index (χ3n) is 5.42. The molecule has 0 aliphatic rings. The van der Waals surface area contributed by atoms with Gasteiger partial charge in [0.1, 0.15) is 5.75 Å². The average molecular weight is 488 g/mol. The summed E-state index contributed by atoms with van der Waals surface area (Å²) in [5, 5.41) is 11.8. The molecular formula is C28H25NO5S. The maximum Gasteiger partial charge on any atom is 0.341 e. The van der Waals surface area contributed by atoms with E-state index < -0.39 is 22.6 Å². The first kappa shape index (κ1) is 24.2. The number of benzene rings is 4. The minimum absolute atomic E-state index is 0.233. The first-order chi connectivity index (χ1) is 16.9. The van der Waals surface area contributed by atoms with Gasteiger partial charge in [-0.25, -0.2) is 17.9 Å². The van der Waals surface area contributed by atoms with Gasteiger partial charge in [0.2, 0.25) is 10.0 Å². The van der Waals surface area contributed by atoms with Crippen molar-refractivity contribution in [1.29, 1.82) is 0 Å². The Balaban J connectivity index is 1.48. The van der Waals surface area contributed by atoms with E-state index in [2.05, 4.69) is 4.72 Å². The van der Waals surface area contributed by atoms with Gasteiger partial charge in [-0.2, -0.15) is 0 Å². The smallest absolute Gasteiger partial charge is 0.341 e. The second-order valence-electron chi connectivity index (χ2n) is 7.95. The van der Waals surface area contributed by atoms with Crippen LogP contribution in [0, 0.1) is 0 Å². The SMILES string of the molecule is O=C(O)COc1cccc2cc(CCNS(=O)(=O)C=C(c3ccccc3)c3ccccc3)ccc12. The van der Waals surface area contributed by atoms with Gasteiger partial charge in [-0.15, -0.1) is 0 Å². The predicted molar refractivity (Wildman–Crippen MR) is 138 cm³/mol. The van der Waals surface area contributed by atoms with Crippen LogP contribution in [0.2, 0.25) is 0 Å². The number of carboxylic acids is 1. The van der Waals surface area contributed by atoms with Crippen LogP contribution >= 0.6 is 0 Å². The number of ether oxygens (including phenoxy) is 1. The molecule has 7 heteroatoms. The van der Waals surface area contributed by atoms with E-state index in [9.17, 15) is 13.2 Å². The maximum absolute atomic E-state index is 12.9. The van der Waals surface area contributed by atoms with Gasteiger partial charge in [-0.1, -0.05) is 91.0 Å². The molecule has 0 aliphatic heterocycles. The monoisotopic (exact) mass is 487 g/mol. The molecule has 6 nitrogen and oxygen atoms in total. The molecule has 0 unspecified atom stereocenters. The van der Waals surface area contributed by atoms with E-state index in [1.165, 1.54) is 5.41 Å². The molecule has 0 spiro atoms. The second-order valence-corrected chi connectivity index (χ2v) is 9.56. The van der Waals surface area contributed by atoms with Crippen molar-refractivity contribution in [2.75, 3.05) is 13.2 Å². The first-order valence-corrected chi connectivity index (χ1v) is 12.6. The van der Waals surface area contributed by atoms with Gasteiger partial charge in [-0.05, 0) is 34.6 Å². The number of sulfonamides is 1.